The summed E-state index contributed by atoms with van der Waals surface area (Å²) in [5.41, 5.74) is 0. The molecule has 1 aromatic heterocycles. The van der Waals surface area contributed by atoms with Gasteiger partial charge in [-0.25, -0.2) is 0 Å². The van der Waals surface area contributed by atoms with Crippen molar-refractivity contribution in [3.8, 4) is 0 Å². The number of anilines is 3. The highest BCUT2D eigenvalue weighted by Gasteiger charge is 2.17. The summed E-state index contributed by atoms with van der Waals surface area (Å²) in [6, 6.07) is 0.463. The van der Waals surface area contributed by atoms with E-state index >= 15 is 0 Å². The average molecular weight is 310 g/mol. The average Bonchev–Trinajstić information content (AvgIpc) is 2.50. The zero-order valence-electron chi connectivity index (χ0n) is 13.2. The first-order valence-electron chi connectivity index (χ1n) is 7.86. The molecule has 6 nitrogen and oxygen atoms in total. The standard InChI is InChI=1S/C14H26N6S/c1-4-15-12-17-13(16-11-8-7-9-21-10-11)19-14(18-12)20(5-2)6-3/h11H,4-10H2,1-3H3,(H2,15,16,17,18,19). The van der Waals surface area contributed by atoms with Crippen LogP contribution in [0.15, 0.2) is 0 Å². The second kappa shape index (κ2) is 8.26. The van der Waals surface area contributed by atoms with Gasteiger partial charge in [-0.2, -0.15) is 26.7 Å². The fraction of sp³-hybridized carbons (Fsp3) is 0.786. The lowest BCUT2D eigenvalue weighted by Gasteiger charge is -2.24. The molecule has 1 aliphatic rings. The number of thioether (sulfide) groups is 1. The number of hydrogen-bond acceptors (Lipinski definition) is 7. The SMILES string of the molecule is CCNc1nc(NC2CCCSC2)nc(N(CC)CC)n1. The second-order valence-corrected chi connectivity index (χ2v) is 6.19. The number of nitrogens with one attached hydrogen (secondary N) is 2. The summed E-state index contributed by atoms with van der Waals surface area (Å²) in [7, 11) is 0. The molecule has 1 unspecified atom stereocenters. The second-order valence-electron chi connectivity index (χ2n) is 5.04. The first kappa shape index (κ1) is 16.1. The minimum atomic E-state index is 0.463. The summed E-state index contributed by atoms with van der Waals surface area (Å²) in [6.07, 6.45) is 2.45. The topological polar surface area (TPSA) is 66.0 Å². The van der Waals surface area contributed by atoms with Crippen LogP contribution in [-0.2, 0) is 0 Å². The van der Waals surface area contributed by atoms with Crippen molar-refractivity contribution >= 4 is 29.6 Å². The Bertz CT molecular complexity index is 431. The van der Waals surface area contributed by atoms with Crippen molar-refractivity contribution < 1.29 is 0 Å². The van der Waals surface area contributed by atoms with E-state index in [4.69, 9.17) is 0 Å². The van der Waals surface area contributed by atoms with Crippen molar-refractivity contribution in [1.82, 2.24) is 15.0 Å². The number of rotatable bonds is 7. The molecule has 1 fully saturated rings. The van der Waals surface area contributed by atoms with Crippen molar-refractivity contribution in [3.05, 3.63) is 0 Å². The zero-order valence-corrected chi connectivity index (χ0v) is 14.0. The molecule has 1 saturated heterocycles. The van der Waals surface area contributed by atoms with Crippen molar-refractivity contribution in [2.24, 2.45) is 0 Å². The van der Waals surface area contributed by atoms with Crippen LogP contribution in [0.4, 0.5) is 17.8 Å². The van der Waals surface area contributed by atoms with Crippen LogP contribution in [0.5, 0.6) is 0 Å². The van der Waals surface area contributed by atoms with Gasteiger partial charge in [0.1, 0.15) is 0 Å². The van der Waals surface area contributed by atoms with Gasteiger partial charge < -0.3 is 15.5 Å². The molecule has 1 atom stereocenters. The highest BCUT2D eigenvalue weighted by atomic mass is 32.2. The van der Waals surface area contributed by atoms with E-state index in [1.807, 2.05) is 18.7 Å². The van der Waals surface area contributed by atoms with Crippen LogP contribution in [0.2, 0.25) is 0 Å². The van der Waals surface area contributed by atoms with E-state index in [1.54, 1.807) is 0 Å². The van der Waals surface area contributed by atoms with Crippen molar-refractivity contribution in [2.75, 3.05) is 46.7 Å². The maximum atomic E-state index is 4.60. The lowest BCUT2D eigenvalue weighted by atomic mass is 10.2. The number of aromatic nitrogens is 3. The molecular weight excluding hydrogens is 284 g/mol. The molecule has 0 radical (unpaired) electrons. The monoisotopic (exact) mass is 310 g/mol. The molecule has 2 heterocycles. The molecule has 0 aliphatic carbocycles. The van der Waals surface area contributed by atoms with Crippen LogP contribution >= 0.6 is 11.8 Å². The lowest BCUT2D eigenvalue weighted by Crippen LogP contribution is -2.29. The fourth-order valence-corrected chi connectivity index (χ4v) is 3.42. The minimum absolute atomic E-state index is 0.463. The molecule has 0 aromatic carbocycles. The van der Waals surface area contributed by atoms with E-state index in [1.165, 1.54) is 18.6 Å². The Kier molecular flexibility index (Phi) is 6.35. The van der Waals surface area contributed by atoms with Gasteiger partial charge in [-0.1, -0.05) is 0 Å². The molecule has 2 N–H and O–H groups in total. The summed E-state index contributed by atoms with van der Waals surface area (Å²) >= 11 is 2.00. The van der Waals surface area contributed by atoms with Gasteiger partial charge in [0, 0.05) is 31.4 Å². The Morgan fingerprint density at radius 1 is 1.14 bits per heavy atom. The van der Waals surface area contributed by atoms with E-state index in [-0.39, 0.29) is 0 Å². The van der Waals surface area contributed by atoms with E-state index in [0.717, 1.165) is 31.3 Å². The quantitative estimate of drug-likeness (QED) is 0.802. The van der Waals surface area contributed by atoms with E-state index < -0.39 is 0 Å². The summed E-state index contributed by atoms with van der Waals surface area (Å²) in [4.78, 5) is 15.7. The molecular formula is C14H26N6S. The largest absolute Gasteiger partial charge is 0.354 e. The van der Waals surface area contributed by atoms with Crippen LogP contribution < -0.4 is 15.5 Å². The minimum Gasteiger partial charge on any atom is -0.354 e. The molecule has 21 heavy (non-hydrogen) atoms. The third kappa shape index (κ3) is 4.62. The summed E-state index contributed by atoms with van der Waals surface area (Å²) in [5, 5.41) is 6.67. The molecule has 1 aliphatic heterocycles. The molecule has 0 spiro atoms. The van der Waals surface area contributed by atoms with E-state index in [0.29, 0.717) is 17.9 Å². The van der Waals surface area contributed by atoms with Gasteiger partial charge in [-0.3, -0.25) is 0 Å². The van der Waals surface area contributed by atoms with Crippen LogP contribution in [0.1, 0.15) is 33.6 Å². The van der Waals surface area contributed by atoms with Crippen molar-refractivity contribution in [2.45, 2.75) is 39.7 Å². The summed E-state index contributed by atoms with van der Waals surface area (Å²) in [5.74, 6) is 4.48. The molecule has 2 rings (SSSR count). The first-order valence-corrected chi connectivity index (χ1v) is 9.01. The van der Waals surface area contributed by atoms with Gasteiger partial charge >= 0.3 is 0 Å². The van der Waals surface area contributed by atoms with Gasteiger partial charge in [-0.15, -0.1) is 0 Å². The Morgan fingerprint density at radius 3 is 2.52 bits per heavy atom. The Hall–Kier alpha value is -1.24. The predicted molar refractivity (Wildman–Crippen MR) is 91.5 cm³/mol. The molecule has 0 bridgehead atoms. The Labute approximate surface area is 131 Å². The molecule has 118 valence electrons. The van der Waals surface area contributed by atoms with Crippen LogP contribution in [0, 0.1) is 0 Å². The Morgan fingerprint density at radius 2 is 1.90 bits per heavy atom. The highest BCUT2D eigenvalue weighted by molar-refractivity contribution is 7.99. The third-order valence-corrected chi connectivity index (χ3v) is 4.71. The molecule has 0 amide bonds. The maximum Gasteiger partial charge on any atom is 0.231 e. The van der Waals surface area contributed by atoms with Gasteiger partial charge in [0.05, 0.1) is 0 Å². The van der Waals surface area contributed by atoms with Gasteiger partial charge in [0.25, 0.3) is 0 Å². The third-order valence-electron chi connectivity index (χ3n) is 3.50. The van der Waals surface area contributed by atoms with Crippen LogP contribution in [0.25, 0.3) is 0 Å². The van der Waals surface area contributed by atoms with E-state index in [9.17, 15) is 0 Å². The summed E-state index contributed by atoms with van der Waals surface area (Å²) in [6.45, 7) is 8.87. The molecule has 7 heteroatoms. The molecule has 0 saturated carbocycles. The van der Waals surface area contributed by atoms with E-state index in [2.05, 4.69) is 44.3 Å². The van der Waals surface area contributed by atoms with Crippen molar-refractivity contribution in [1.29, 1.82) is 0 Å². The van der Waals surface area contributed by atoms with Crippen LogP contribution in [0.3, 0.4) is 0 Å². The zero-order chi connectivity index (χ0) is 15.1. The van der Waals surface area contributed by atoms with Gasteiger partial charge in [0.2, 0.25) is 17.8 Å². The fourth-order valence-electron chi connectivity index (χ4n) is 2.35. The van der Waals surface area contributed by atoms with Crippen molar-refractivity contribution in [3.63, 3.8) is 0 Å². The van der Waals surface area contributed by atoms with Gasteiger partial charge in [-0.05, 0) is 39.4 Å². The highest BCUT2D eigenvalue weighted by Crippen LogP contribution is 2.21. The smallest absolute Gasteiger partial charge is 0.231 e. The number of hydrogen-bond donors (Lipinski definition) is 2. The summed E-state index contributed by atoms with van der Waals surface area (Å²) < 4.78 is 0. The number of nitrogens with zero attached hydrogens (tertiary/aromatic N) is 4. The normalized spacial score (nSPS) is 18.3. The van der Waals surface area contributed by atoms with Crippen LogP contribution in [-0.4, -0.2) is 52.1 Å². The predicted octanol–water partition coefficient (Wildman–Crippen LogP) is 2.46. The lowest BCUT2D eigenvalue weighted by molar-refractivity contribution is 0.677. The molecule has 1 aromatic rings. The Balaban J connectivity index is 2.17. The van der Waals surface area contributed by atoms with Gasteiger partial charge in [0.15, 0.2) is 0 Å². The maximum absolute atomic E-state index is 4.60. The first-order chi connectivity index (χ1) is 10.3.